The Labute approximate surface area is 132 Å². The Morgan fingerprint density at radius 1 is 1.00 bits per heavy atom. The summed E-state index contributed by atoms with van der Waals surface area (Å²) in [6.07, 6.45) is 1.99. The lowest BCUT2D eigenvalue weighted by Gasteiger charge is -2.19. The molecule has 0 bridgehead atoms. The molecule has 3 aromatic rings. The number of fused-ring (bicyclic) bond motifs is 1. The highest BCUT2D eigenvalue weighted by molar-refractivity contribution is 9.10. The first-order valence-electron chi connectivity index (χ1n) is 6.96. The van der Waals surface area contributed by atoms with Crippen molar-refractivity contribution in [2.45, 2.75) is 25.9 Å². The fourth-order valence-corrected chi connectivity index (χ4v) is 2.72. The summed E-state index contributed by atoms with van der Waals surface area (Å²) >= 11 is 3.46. The van der Waals surface area contributed by atoms with Crippen LogP contribution >= 0.6 is 15.9 Å². The highest BCUT2D eigenvalue weighted by Gasteiger charge is 2.16. The van der Waals surface area contributed by atoms with Gasteiger partial charge in [-0.1, -0.05) is 34.1 Å². The SMILES string of the molecule is CC(NC(C)c1nnc2ccccn12)c1ccc(Br)cc1. The number of rotatable bonds is 4. The van der Waals surface area contributed by atoms with Crippen LogP contribution in [0.3, 0.4) is 0 Å². The molecule has 0 aliphatic heterocycles. The molecule has 0 amide bonds. The van der Waals surface area contributed by atoms with Gasteiger partial charge in [0, 0.05) is 16.7 Å². The van der Waals surface area contributed by atoms with E-state index in [1.54, 1.807) is 0 Å². The molecule has 108 valence electrons. The molecular formula is C16H17BrN4. The Balaban J connectivity index is 1.79. The van der Waals surface area contributed by atoms with Gasteiger partial charge in [0.15, 0.2) is 11.5 Å². The predicted octanol–water partition coefficient (Wildman–Crippen LogP) is 3.90. The minimum atomic E-state index is 0.112. The van der Waals surface area contributed by atoms with Crippen LogP contribution in [0, 0.1) is 0 Å². The number of hydrogen-bond acceptors (Lipinski definition) is 3. The van der Waals surface area contributed by atoms with Crippen molar-refractivity contribution in [3.63, 3.8) is 0 Å². The van der Waals surface area contributed by atoms with Crippen LogP contribution in [-0.4, -0.2) is 14.6 Å². The summed E-state index contributed by atoms with van der Waals surface area (Å²) in [5.41, 5.74) is 2.12. The second-order valence-corrected chi connectivity index (χ2v) is 6.06. The first-order valence-corrected chi connectivity index (χ1v) is 7.75. The summed E-state index contributed by atoms with van der Waals surface area (Å²) in [7, 11) is 0. The molecule has 4 nitrogen and oxygen atoms in total. The minimum absolute atomic E-state index is 0.112. The Bertz CT molecular complexity index is 735. The van der Waals surface area contributed by atoms with E-state index in [0.29, 0.717) is 0 Å². The van der Waals surface area contributed by atoms with Gasteiger partial charge in [-0.25, -0.2) is 0 Å². The second-order valence-electron chi connectivity index (χ2n) is 5.15. The maximum absolute atomic E-state index is 4.30. The highest BCUT2D eigenvalue weighted by atomic mass is 79.9. The Hall–Kier alpha value is -1.72. The van der Waals surface area contributed by atoms with Gasteiger partial charge in [-0.2, -0.15) is 0 Å². The van der Waals surface area contributed by atoms with E-state index < -0.39 is 0 Å². The van der Waals surface area contributed by atoms with Gasteiger partial charge in [-0.3, -0.25) is 4.40 Å². The minimum Gasteiger partial charge on any atom is -0.301 e. The van der Waals surface area contributed by atoms with Crippen molar-refractivity contribution in [2.24, 2.45) is 0 Å². The Morgan fingerprint density at radius 2 is 1.76 bits per heavy atom. The number of hydrogen-bond donors (Lipinski definition) is 1. The molecule has 0 spiro atoms. The molecule has 3 rings (SSSR count). The molecule has 1 aromatic carbocycles. The molecule has 0 aliphatic rings. The zero-order chi connectivity index (χ0) is 14.8. The largest absolute Gasteiger partial charge is 0.301 e. The lowest BCUT2D eigenvalue weighted by molar-refractivity contribution is 0.473. The van der Waals surface area contributed by atoms with Crippen molar-refractivity contribution in [2.75, 3.05) is 0 Å². The van der Waals surface area contributed by atoms with Gasteiger partial charge < -0.3 is 5.32 Å². The van der Waals surface area contributed by atoms with Crippen molar-refractivity contribution in [3.05, 3.63) is 64.5 Å². The van der Waals surface area contributed by atoms with Gasteiger partial charge in [0.2, 0.25) is 0 Å². The van der Waals surface area contributed by atoms with Crippen LogP contribution in [0.1, 0.15) is 37.3 Å². The van der Waals surface area contributed by atoms with Gasteiger partial charge in [0.25, 0.3) is 0 Å². The molecule has 0 fully saturated rings. The van der Waals surface area contributed by atoms with Crippen molar-refractivity contribution in [1.29, 1.82) is 0 Å². The van der Waals surface area contributed by atoms with Crippen LogP contribution in [0.5, 0.6) is 0 Å². The van der Waals surface area contributed by atoms with Crippen LogP contribution in [0.2, 0.25) is 0 Å². The molecule has 2 heterocycles. The molecule has 2 aromatic heterocycles. The second kappa shape index (κ2) is 5.95. The van der Waals surface area contributed by atoms with E-state index in [0.717, 1.165) is 15.9 Å². The summed E-state index contributed by atoms with van der Waals surface area (Å²) in [4.78, 5) is 0. The van der Waals surface area contributed by atoms with Crippen LogP contribution < -0.4 is 5.32 Å². The fourth-order valence-electron chi connectivity index (χ4n) is 2.45. The van der Waals surface area contributed by atoms with Crippen LogP contribution in [0.4, 0.5) is 0 Å². The molecule has 0 saturated carbocycles. The van der Waals surface area contributed by atoms with Crippen molar-refractivity contribution < 1.29 is 0 Å². The smallest absolute Gasteiger partial charge is 0.160 e. The lowest BCUT2D eigenvalue weighted by Crippen LogP contribution is -2.24. The van der Waals surface area contributed by atoms with Gasteiger partial charge in [0.1, 0.15) is 0 Å². The van der Waals surface area contributed by atoms with E-state index in [1.807, 2.05) is 28.8 Å². The van der Waals surface area contributed by atoms with Crippen LogP contribution in [0.15, 0.2) is 53.1 Å². The topological polar surface area (TPSA) is 42.2 Å². The monoisotopic (exact) mass is 344 g/mol. The zero-order valence-electron chi connectivity index (χ0n) is 12.0. The number of pyridine rings is 1. The molecule has 2 unspecified atom stereocenters. The number of nitrogens with zero attached hydrogens (tertiary/aromatic N) is 3. The van der Waals surface area contributed by atoms with E-state index in [1.165, 1.54) is 5.56 Å². The predicted molar refractivity (Wildman–Crippen MR) is 87.1 cm³/mol. The molecule has 1 N–H and O–H groups in total. The molecule has 0 aliphatic carbocycles. The van der Waals surface area contributed by atoms with Crippen LogP contribution in [-0.2, 0) is 0 Å². The summed E-state index contributed by atoms with van der Waals surface area (Å²) in [6.45, 7) is 4.27. The third kappa shape index (κ3) is 2.99. The van der Waals surface area contributed by atoms with Crippen molar-refractivity contribution >= 4 is 21.6 Å². The fraction of sp³-hybridized carbons (Fsp3) is 0.250. The third-order valence-electron chi connectivity index (χ3n) is 3.60. The highest BCUT2D eigenvalue weighted by Crippen LogP contribution is 2.20. The quantitative estimate of drug-likeness (QED) is 0.780. The number of benzene rings is 1. The molecule has 2 atom stereocenters. The van der Waals surface area contributed by atoms with Gasteiger partial charge in [0.05, 0.1) is 6.04 Å². The number of halogens is 1. The van der Waals surface area contributed by atoms with E-state index in [9.17, 15) is 0 Å². The normalized spacial score (nSPS) is 14.2. The molecule has 0 radical (unpaired) electrons. The Morgan fingerprint density at radius 3 is 2.52 bits per heavy atom. The molecule has 0 saturated heterocycles. The third-order valence-corrected chi connectivity index (χ3v) is 4.13. The standard InChI is InChI=1S/C16H17BrN4/c1-11(13-6-8-14(17)9-7-13)18-12(2)16-20-19-15-5-3-4-10-21(15)16/h3-12,18H,1-2H3. The zero-order valence-corrected chi connectivity index (χ0v) is 13.6. The van der Waals surface area contributed by atoms with Crippen LogP contribution in [0.25, 0.3) is 5.65 Å². The first kappa shape index (κ1) is 14.2. The lowest BCUT2D eigenvalue weighted by atomic mass is 10.1. The summed E-state index contributed by atoms with van der Waals surface area (Å²) in [6, 6.07) is 14.6. The summed E-state index contributed by atoms with van der Waals surface area (Å²) < 4.78 is 3.11. The van der Waals surface area contributed by atoms with E-state index >= 15 is 0 Å². The molecule has 5 heteroatoms. The maximum atomic E-state index is 4.30. The van der Waals surface area contributed by atoms with Gasteiger partial charge >= 0.3 is 0 Å². The number of nitrogens with one attached hydrogen (secondary N) is 1. The van der Waals surface area contributed by atoms with E-state index in [2.05, 4.69) is 69.6 Å². The Kier molecular flexibility index (Phi) is 4.03. The maximum Gasteiger partial charge on any atom is 0.160 e. The van der Waals surface area contributed by atoms with Crippen molar-refractivity contribution in [3.8, 4) is 0 Å². The average molecular weight is 345 g/mol. The number of aromatic nitrogens is 3. The van der Waals surface area contributed by atoms with Gasteiger partial charge in [-0.05, 0) is 43.7 Å². The molecule has 21 heavy (non-hydrogen) atoms. The first-order chi connectivity index (χ1) is 10.1. The van der Waals surface area contributed by atoms with Crippen molar-refractivity contribution in [1.82, 2.24) is 19.9 Å². The summed E-state index contributed by atoms with van der Waals surface area (Å²) in [5.74, 6) is 0.926. The van der Waals surface area contributed by atoms with Gasteiger partial charge in [-0.15, -0.1) is 10.2 Å². The molecular weight excluding hydrogens is 328 g/mol. The van der Waals surface area contributed by atoms with E-state index in [4.69, 9.17) is 0 Å². The van der Waals surface area contributed by atoms with E-state index in [-0.39, 0.29) is 12.1 Å². The summed E-state index contributed by atoms with van der Waals surface area (Å²) in [5, 5.41) is 12.1. The average Bonchev–Trinajstić information content (AvgIpc) is 2.92.